The fourth-order valence-corrected chi connectivity index (χ4v) is 3.82. The van der Waals surface area contributed by atoms with E-state index in [0.29, 0.717) is 28.8 Å². The molecule has 6 nitrogen and oxygen atoms in total. The monoisotopic (exact) mass is 351 g/mol. The Labute approximate surface area is 147 Å². The molecule has 2 saturated heterocycles. The summed E-state index contributed by atoms with van der Waals surface area (Å²) in [6, 6.07) is 5.27. The lowest BCUT2D eigenvalue weighted by atomic mass is 9.92. The van der Waals surface area contributed by atoms with Gasteiger partial charge in [0.2, 0.25) is 0 Å². The first-order chi connectivity index (χ1) is 11.2. The standard InChI is InChI=1S/C17H21N3O3.ClH/c21-16-10-23-15-2-1-11(7-14(15)19-16)17(22)20-5-3-12-8-18-9-13(12)4-6-20;/h1-2,7,12-13,18H,3-6,8-10H2,(H,19,21);1H/t12-,13+;. The highest BCUT2D eigenvalue weighted by molar-refractivity contribution is 5.99. The molecule has 0 aromatic heterocycles. The molecular weight excluding hydrogens is 330 g/mol. The van der Waals surface area contributed by atoms with Crippen LogP contribution in [0.15, 0.2) is 18.2 Å². The highest BCUT2D eigenvalue weighted by Gasteiger charge is 2.32. The Hall–Kier alpha value is -1.79. The number of ether oxygens (including phenoxy) is 1. The molecule has 0 saturated carbocycles. The predicted octanol–water partition coefficient (Wildman–Crippen LogP) is 1.51. The van der Waals surface area contributed by atoms with Crippen molar-refractivity contribution in [2.75, 3.05) is 38.1 Å². The van der Waals surface area contributed by atoms with Crippen LogP contribution < -0.4 is 15.4 Å². The first kappa shape index (κ1) is 17.0. The molecule has 0 unspecified atom stereocenters. The van der Waals surface area contributed by atoms with E-state index in [1.54, 1.807) is 18.2 Å². The molecular formula is C17H22ClN3O3. The van der Waals surface area contributed by atoms with E-state index in [1.807, 2.05) is 4.90 Å². The Morgan fingerprint density at radius 3 is 2.58 bits per heavy atom. The van der Waals surface area contributed by atoms with Gasteiger partial charge < -0.3 is 20.3 Å². The van der Waals surface area contributed by atoms with Crippen molar-refractivity contribution in [2.45, 2.75) is 12.8 Å². The van der Waals surface area contributed by atoms with Crippen molar-refractivity contribution in [3.05, 3.63) is 23.8 Å². The van der Waals surface area contributed by atoms with Gasteiger partial charge in [-0.25, -0.2) is 0 Å². The van der Waals surface area contributed by atoms with Crippen LogP contribution in [0.1, 0.15) is 23.2 Å². The van der Waals surface area contributed by atoms with Gasteiger partial charge in [-0.3, -0.25) is 9.59 Å². The molecule has 2 amide bonds. The number of rotatable bonds is 1. The molecule has 0 bridgehead atoms. The largest absolute Gasteiger partial charge is 0.482 e. The summed E-state index contributed by atoms with van der Waals surface area (Å²) < 4.78 is 5.34. The van der Waals surface area contributed by atoms with E-state index in [-0.39, 0.29) is 30.8 Å². The number of nitrogens with one attached hydrogen (secondary N) is 2. The number of nitrogens with zero attached hydrogens (tertiary/aromatic N) is 1. The van der Waals surface area contributed by atoms with Crippen LogP contribution in [0, 0.1) is 11.8 Å². The average Bonchev–Trinajstić information content (AvgIpc) is 2.92. The lowest BCUT2D eigenvalue weighted by molar-refractivity contribution is -0.118. The minimum atomic E-state index is -0.183. The SMILES string of the molecule is Cl.O=C1COc2ccc(C(=O)N3CC[C@@H]4CNC[C@@H]4CC3)cc2N1. The number of anilines is 1. The number of fused-ring (bicyclic) bond motifs is 2. The second-order valence-corrected chi connectivity index (χ2v) is 6.60. The third-order valence-corrected chi connectivity index (χ3v) is 5.17. The summed E-state index contributed by atoms with van der Waals surface area (Å²) in [5, 5.41) is 6.21. The van der Waals surface area contributed by atoms with Crippen LogP contribution >= 0.6 is 12.4 Å². The van der Waals surface area contributed by atoms with E-state index in [0.717, 1.165) is 39.0 Å². The van der Waals surface area contributed by atoms with Gasteiger partial charge in [-0.05, 0) is 56.0 Å². The Balaban J connectivity index is 0.00000169. The molecule has 130 valence electrons. The number of amides is 2. The zero-order valence-electron chi connectivity index (χ0n) is 13.4. The van der Waals surface area contributed by atoms with Crippen LogP contribution in [0.25, 0.3) is 0 Å². The molecule has 0 aliphatic carbocycles. The number of halogens is 1. The van der Waals surface area contributed by atoms with Gasteiger partial charge >= 0.3 is 0 Å². The smallest absolute Gasteiger partial charge is 0.262 e. The maximum Gasteiger partial charge on any atom is 0.262 e. The normalized spacial score (nSPS) is 25.5. The number of hydrogen-bond acceptors (Lipinski definition) is 4. The van der Waals surface area contributed by atoms with Crippen LogP contribution in [0.4, 0.5) is 5.69 Å². The van der Waals surface area contributed by atoms with Crippen molar-refractivity contribution in [3.63, 3.8) is 0 Å². The second kappa shape index (κ2) is 6.99. The van der Waals surface area contributed by atoms with Gasteiger partial charge in [-0.2, -0.15) is 0 Å². The predicted molar refractivity (Wildman–Crippen MR) is 92.8 cm³/mol. The van der Waals surface area contributed by atoms with E-state index >= 15 is 0 Å². The van der Waals surface area contributed by atoms with Gasteiger partial charge in [-0.1, -0.05) is 0 Å². The Bertz CT molecular complexity index is 638. The quantitative estimate of drug-likeness (QED) is 0.804. The summed E-state index contributed by atoms with van der Waals surface area (Å²) in [4.78, 5) is 26.2. The highest BCUT2D eigenvalue weighted by atomic mass is 35.5. The molecule has 2 atom stereocenters. The summed E-state index contributed by atoms with van der Waals surface area (Å²) in [5.74, 6) is 1.88. The van der Waals surface area contributed by atoms with E-state index in [4.69, 9.17) is 4.74 Å². The van der Waals surface area contributed by atoms with Gasteiger partial charge in [0.05, 0.1) is 5.69 Å². The van der Waals surface area contributed by atoms with Crippen molar-refractivity contribution in [1.82, 2.24) is 10.2 Å². The van der Waals surface area contributed by atoms with E-state index in [9.17, 15) is 9.59 Å². The topological polar surface area (TPSA) is 70.7 Å². The highest BCUT2D eigenvalue weighted by Crippen LogP contribution is 2.30. The number of carbonyl (C=O) groups is 2. The molecule has 1 aromatic rings. The third kappa shape index (κ3) is 3.21. The Morgan fingerprint density at radius 1 is 1.17 bits per heavy atom. The Morgan fingerprint density at radius 2 is 1.88 bits per heavy atom. The summed E-state index contributed by atoms with van der Waals surface area (Å²) in [6.45, 7) is 3.80. The second-order valence-electron chi connectivity index (χ2n) is 6.60. The number of hydrogen-bond donors (Lipinski definition) is 2. The van der Waals surface area contributed by atoms with Crippen molar-refractivity contribution in [2.24, 2.45) is 11.8 Å². The molecule has 3 heterocycles. The third-order valence-electron chi connectivity index (χ3n) is 5.17. The fraction of sp³-hybridized carbons (Fsp3) is 0.529. The molecule has 0 spiro atoms. The zero-order chi connectivity index (χ0) is 15.8. The minimum absolute atomic E-state index is 0. The van der Waals surface area contributed by atoms with Crippen molar-refractivity contribution in [1.29, 1.82) is 0 Å². The molecule has 0 radical (unpaired) electrons. The number of likely N-dealkylation sites (tertiary alicyclic amines) is 1. The van der Waals surface area contributed by atoms with Crippen LogP contribution in [0.5, 0.6) is 5.75 Å². The van der Waals surface area contributed by atoms with E-state index < -0.39 is 0 Å². The van der Waals surface area contributed by atoms with Gasteiger partial charge in [-0.15, -0.1) is 12.4 Å². The van der Waals surface area contributed by atoms with Crippen molar-refractivity contribution >= 4 is 29.9 Å². The molecule has 4 rings (SSSR count). The van der Waals surface area contributed by atoms with Gasteiger partial charge in [0.25, 0.3) is 11.8 Å². The minimum Gasteiger partial charge on any atom is -0.482 e. The lowest BCUT2D eigenvalue weighted by Gasteiger charge is -2.23. The van der Waals surface area contributed by atoms with Crippen LogP contribution in [0.3, 0.4) is 0 Å². The summed E-state index contributed by atoms with van der Waals surface area (Å²) in [5.41, 5.74) is 1.20. The van der Waals surface area contributed by atoms with Gasteiger partial charge in [0, 0.05) is 18.7 Å². The van der Waals surface area contributed by atoms with Gasteiger partial charge in [0.15, 0.2) is 6.61 Å². The van der Waals surface area contributed by atoms with Crippen LogP contribution in [-0.2, 0) is 4.79 Å². The molecule has 2 fully saturated rings. The first-order valence-corrected chi connectivity index (χ1v) is 8.27. The molecule has 3 aliphatic heterocycles. The lowest BCUT2D eigenvalue weighted by Crippen LogP contribution is -2.33. The first-order valence-electron chi connectivity index (χ1n) is 8.27. The molecule has 7 heteroatoms. The summed E-state index contributed by atoms with van der Waals surface area (Å²) in [6.07, 6.45) is 2.13. The molecule has 1 aromatic carbocycles. The maximum absolute atomic E-state index is 12.8. The van der Waals surface area contributed by atoms with Crippen molar-refractivity contribution < 1.29 is 14.3 Å². The molecule has 24 heavy (non-hydrogen) atoms. The van der Waals surface area contributed by atoms with Crippen LogP contribution in [0.2, 0.25) is 0 Å². The number of carbonyl (C=O) groups excluding carboxylic acids is 2. The maximum atomic E-state index is 12.8. The van der Waals surface area contributed by atoms with Gasteiger partial charge in [0.1, 0.15) is 5.75 Å². The van der Waals surface area contributed by atoms with E-state index in [2.05, 4.69) is 10.6 Å². The zero-order valence-corrected chi connectivity index (χ0v) is 14.2. The number of benzene rings is 1. The summed E-state index contributed by atoms with van der Waals surface area (Å²) >= 11 is 0. The molecule has 3 aliphatic rings. The average molecular weight is 352 g/mol. The van der Waals surface area contributed by atoms with E-state index in [1.165, 1.54) is 0 Å². The van der Waals surface area contributed by atoms with Crippen molar-refractivity contribution in [3.8, 4) is 5.75 Å². The summed E-state index contributed by atoms with van der Waals surface area (Å²) in [7, 11) is 0. The van der Waals surface area contributed by atoms with Crippen LogP contribution in [-0.4, -0.2) is 49.5 Å². The Kier molecular flexibility index (Phi) is 4.96. The fourth-order valence-electron chi connectivity index (χ4n) is 3.82. The molecule has 2 N–H and O–H groups in total.